The number of fused-ring (bicyclic) bond motifs is 3. The molecule has 1 amide bonds. The molecule has 3 saturated heterocycles. The molecule has 4 heterocycles. The van der Waals surface area contributed by atoms with Gasteiger partial charge in [0, 0.05) is 23.7 Å². The van der Waals surface area contributed by atoms with Crippen molar-refractivity contribution in [1.29, 1.82) is 5.26 Å². The monoisotopic (exact) mass is 351 g/mol. The van der Waals surface area contributed by atoms with Gasteiger partial charge in [0.25, 0.3) is 11.9 Å². The summed E-state index contributed by atoms with van der Waals surface area (Å²) < 4.78 is 10.7. The first-order valence-corrected chi connectivity index (χ1v) is 8.97. The number of furan rings is 1. The van der Waals surface area contributed by atoms with Crippen LogP contribution >= 0.6 is 0 Å². The van der Waals surface area contributed by atoms with Gasteiger partial charge in [-0.25, -0.2) is 0 Å². The van der Waals surface area contributed by atoms with Gasteiger partial charge in [0.05, 0.1) is 0 Å². The molecule has 6 heteroatoms. The number of carbonyl (C=O) groups excluding carboxylic acids is 1. The van der Waals surface area contributed by atoms with E-state index in [0.717, 1.165) is 25.9 Å². The Morgan fingerprint density at radius 1 is 1.23 bits per heavy atom. The molecular formula is C20H21N3O3. The van der Waals surface area contributed by atoms with Gasteiger partial charge < -0.3 is 14.5 Å². The van der Waals surface area contributed by atoms with Gasteiger partial charge in [-0.05, 0) is 69.1 Å². The molecule has 0 spiro atoms. The van der Waals surface area contributed by atoms with Gasteiger partial charge in [0.15, 0.2) is 0 Å². The molecule has 3 fully saturated rings. The number of amides is 1. The minimum absolute atomic E-state index is 0.0492. The van der Waals surface area contributed by atoms with E-state index in [-0.39, 0.29) is 23.7 Å². The van der Waals surface area contributed by atoms with Crippen LogP contribution in [0.3, 0.4) is 0 Å². The third-order valence-electron chi connectivity index (χ3n) is 5.50. The summed E-state index contributed by atoms with van der Waals surface area (Å²) in [5.41, 5.74) is 0.609. The van der Waals surface area contributed by atoms with Gasteiger partial charge in [0.2, 0.25) is 5.76 Å². The molecule has 1 aromatic heterocycles. The van der Waals surface area contributed by atoms with Crippen molar-refractivity contribution in [3.63, 3.8) is 0 Å². The van der Waals surface area contributed by atoms with E-state index in [9.17, 15) is 4.79 Å². The molecule has 134 valence electrons. The largest absolute Gasteiger partial charge is 0.426 e. The minimum Gasteiger partial charge on any atom is -0.426 e. The molecule has 0 radical (unpaired) electrons. The molecule has 2 aromatic rings. The van der Waals surface area contributed by atoms with Crippen LogP contribution in [0.25, 0.3) is 0 Å². The van der Waals surface area contributed by atoms with E-state index in [1.165, 1.54) is 0 Å². The first-order chi connectivity index (χ1) is 12.6. The average molecular weight is 351 g/mol. The Hall–Kier alpha value is -2.78. The highest BCUT2D eigenvalue weighted by Crippen LogP contribution is 2.32. The number of nitrogens with one attached hydrogen (secondary N) is 1. The van der Waals surface area contributed by atoms with E-state index in [4.69, 9.17) is 14.4 Å². The highest BCUT2D eigenvalue weighted by Gasteiger charge is 2.40. The second-order valence-electron chi connectivity index (χ2n) is 6.97. The van der Waals surface area contributed by atoms with Crippen molar-refractivity contribution in [2.75, 3.05) is 13.1 Å². The van der Waals surface area contributed by atoms with Crippen LogP contribution in [0.15, 0.2) is 40.8 Å². The van der Waals surface area contributed by atoms with Gasteiger partial charge >= 0.3 is 0 Å². The maximum Gasteiger partial charge on any atom is 0.291 e. The van der Waals surface area contributed by atoms with Crippen molar-refractivity contribution in [1.82, 2.24) is 10.2 Å². The summed E-state index contributed by atoms with van der Waals surface area (Å²) in [5.74, 6) is 1.53. The minimum atomic E-state index is -0.0492. The van der Waals surface area contributed by atoms with E-state index < -0.39 is 0 Å². The van der Waals surface area contributed by atoms with E-state index in [1.807, 2.05) is 6.07 Å². The fourth-order valence-corrected chi connectivity index (χ4v) is 4.01. The van der Waals surface area contributed by atoms with Gasteiger partial charge in [-0.3, -0.25) is 9.69 Å². The number of carbonyl (C=O) groups is 1. The van der Waals surface area contributed by atoms with Crippen molar-refractivity contribution >= 4 is 5.91 Å². The molecule has 0 unspecified atom stereocenters. The van der Waals surface area contributed by atoms with Crippen LogP contribution in [-0.4, -0.2) is 36.0 Å². The summed E-state index contributed by atoms with van der Waals surface area (Å²) in [4.78, 5) is 15.1. The Bertz CT molecular complexity index is 827. The maximum absolute atomic E-state index is 12.6. The molecule has 6 nitrogen and oxygen atoms in total. The van der Waals surface area contributed by atoms with Crippen LogP contribution < -0.4 is 10.1 Å². The number of nitriles is 1. The topological polar surface area (TPSA) is 78.5 Å². The number of ether oxygens (including phenoxy) is 1. The summed E-state index contributed by atoms with van der Waals surface area (Å²) in [6.45, 7) is 4.49. The number of benzene rings is 1. The van der Waals surface area contributed by atoms with Crippen LogP contribution in [0.2, 0.25) is 0 Å². The Morgan fingerprint density at radius 3 is 2.58 bits per heavy atom. The molecule has 2 bridgehead atoms. The lowest BCUT2D eigenvalue weighted by Gasteiger charge is -2.49. The molecule has 1 N–H and O–H groups in total. The van der Waals surface area contributed by atoms with Crippen molar-refractivity contribution in [2.45, 2.75) is 31.8 Å². The molecule has 3 aliphatic rings. The Balaban J connectivity index is 1.40. The summed E-state index contributed by atoms with van der Waals surface area (Å²) in [5, 5.41) is 12.0. The SMILES string of the molecule is C[C@@H]1[C@H](NC(=O)c2ccc(Oc3ccc(C#N)o3)cc2)C2CCN1CC2. The maximum atomic E-state index is 12.6. The molecule has 1 aromatic carbocycles. The fraction of sp³-hybridized carbons (Fsp3) is 0.400. The lowest BCUT2D eigenvalue weighted by Crippen LogP contribution is -2.62. The van der Waals surface area contributed by atoms with Crippen LogP contribution in [0.5, 0.6) is 11.7 Å². The number of hydrogen-bond donors (Lipinski definition) is 1. The van der Waals surface area contributed by atoms with Gasteiger partial charge in [0.1, 0.15) is 11.8 Å². The number of rotatable bonds is 4. The van der Waals surface area contributed by atoms with Crippen LogP contribution in [0.1, 0.15) is 35.9 Å². The van der Waals surface area contributed by atoms with Gasteiger partial charge in [-0.1, -0.05) is 0 Å². The molecular weight excluding hydrogens is 330 g/mol. The summed E-state index contributed by atoms with van der Waals surface area (Å²) in [6, 6.07) is 12.6. The highest BCUT2D eigenvalue weighted by atomic mass is 16.6. The third-order valence-corrected chi connectivity index (χ3v) is 5.50. The fourth-order valence-electron chi connectivity index (χ4n) is 4.01. The summed E-state index contributed by atoms with van der Waals surface area (Å²) in [7, 11) is 0. The van der Waals surface area contributed by atoms with Crippen LogP contribution in [0, 0.1) is 17.2 Å². The molecule has 26 heavy (non-hydrogen) atoms. The standard InChI is InChI=1S/C20H21N3O3/c1-13-19(14-8-10-23(13)11-9-14)22-20(24)15-2-4-16(5-3-15)25-18-7-6-17(12-21)26-18/h2-7,13-14,19H,8-11H2,1H3,(H,22,24)/t13-,19+/m1/s1. The van der Waals surface area contributed by atoms with E-state index >= 15 is 0 Å². The predicted octanol–water partition coefficient (Wildman–Crippen LogP) is 3.16. The van der Waals surface area contributed by atoms with Crippen molar-refractivity contribution in [3.05, 3.63) is 47.7 Å². The second kappa shape index (κ2) is 6.85. The smallest absolute Gasteiger partial charge is 0.291 e. The molecule has 2 atom stereocenters. The van der Waals surface area contributed by atoms with Gasteiger partial charge in [-0.15, -0.1) is 0 Å². The molecule has 3 aliphatic heterocycles. The van der Waals surface area contributed by atoms with Crippen molar-refractivity contribution in [2.24, 2.45) is 5.92 Å². The Kier molecular flexibility index (Phi) is 4.39. The van der Waals surface area contributed by atoms with Crippen molar-refractivity contribution < 1.29 is 13.9 Å². The van der Waals surface area contributed by atoms with Crippen LogP contribution in [-0.2, 0) is 0 Å². The Morgan fingerprint density at radius 2 is 1.96 bits per heavy atom. The zero-order valence-electron chi connectivity index (χ0n) is 14.6. The molecule has 0 saturated carbocycles. The first-order valence-electron chi connectivity index (χ1n) is 8.97. The van der Waals surface area contributed by atoms with E-state index in [0.29, 0.717) is 23.3 Å². The Labute approximate surface area is 152 Å². The lowest BCUT2D eigenvalue weighted by molar-refractivity contribution is 0.0217. The zero-order chi connectivity index (χ0) is 18.1. The van der Waals surface area contributed by atoms with Gasteiger partial charge in [-0.2, -0.15) is 5.26 Å². The first kappa shape index (κ1) is 16.7. The quantitative estimate of drug-likeness (QED) is 0.915. The van der Waals surface area contributed by atoms with Crippen molar-refractivity contribution in [3.8, 4) is 17.8 Å². The third kappa shape index (κ3) is 3.18. The summed E-state index contributed by atoms with van der Waals surface area (Å²) >= 11 is 0. The van der Waals surface area contributed by atoms with E-state index in [1.54, 1.807) is 36.4 Å². The zero-order valence-corrected chi connectivity index (χ0v) is 14.6. The summed E-state index contributed by atoms with van der Waals surface area (Å²) in [6.07, 6.45) is 2.33. The number of hydrogen-bond acceptors (Lipinski definition) is 5. The number of piperidine rings is 3. The molecule has 0 aliphatic carbocycles. The molecule has 5 rings (SSSR count). The predicted molar refractivity (Wildman–Crippen MR) is 95.0 cm³/mol. The van der Waals surface area contributed by atoms with E-state index in [2.05, 4.69) is 17.1 Å². The lowest BCUT2D eigenvalue weighted by atomic mass is 9.79. The highest BCUT2D eigenvalue weighted by molar-refractivity contribution is 5.94. The normalized spacial score (nSPS) is 26.9. The number of nitrogens with zero attached hydrogens (tertiary/aromatic N) is 2. The van der Waals surface area contributed by atoms with Crippen LogP contribution in [0.4, 0.5) is 0 Å². The average Bonchev–Trinajstić information content (AvgIpc) is 3.13. The second-order valence-corrected chi connectivity index (χ2v) is 6.97.